The number of rotatable bonds is 9. The van der Waals surface area contributed by atoms with Gasteiger partial charge in [-0.05, 0) is 18.4 Å². The maximum Gasteiger partial charge on any atom is 0.230 e. The molecule has 1 rings (SSSR count). The van der Waals surface area contributed by atoms with Crippen LogP contribution < -0.4 is 5.73 Å². The molecule has 0 saturated heterocycles. The first-order chi connectivity index (χ1) is 10.1. The van der Waals surface area contributed by atoms with E-state index in [-0.39, 0.29) is 5.91 Å². The van der Waals surface area contributed by atoms with E-state index in [1.54, 1.807) is 7.11 Å². The Morgan fingerprint density at radius 1 is 1.24 bits per heavy atom. The van der Waals surface area contributed by atoms with E-state index in [1.807, 2.05) is 49.1 Å². The summed E-state index contributed by atoms with van der Waals surface area (Å²) in [5.41, 5.74) is 6.58. The third-order valence-corrected chi connectivity index (χ3v) is 4.27. The van der Waals surface area contributed by atoms with Gasteiger partial charge in [-0.1, -0.05) is 44.2 Å². The van der Waals surface area contributed by atoms with E-state index in [1.165, 1.54) is 0 Å². The Kier molecular flexibility index (Phi) is 7.40. The Hall–Kier alpha value is -1.39. The van der Waals surface area contributed by atoms with Crippen LogP contribution >= 0.6 is 0 Å². The molecule has 0 radical (unpaired) electrons. The summed E-state index contributed by atoms with van der Waals surface area (Å²) >= 11 is 0. The summed E-state index contributed by atoms with van der Waals surface area (Å²) in [6.07, 6.45) is 1.52. The molecule has 1 amide bonds. The quantitative estimate of drug-likeness (QED) is 0.760. The fourth-order valence-corrected chi connectivity index (χ4v) is 2.52. The number of hydrogen-bond donors (Lipinski definition) is 1. The molecule has 4 nitrogen and oxygen atoms in total. The lowest BCUT2D eigenvalue weighted by Gasteiger charge is -2.35. The first-order valence-electron chi connectivity index (χ1n) is 7.65. The predicted octanol–water partition coefficient (Wildman–Crippen LogP) is 2.43. The average Bonchev–Trinajstić information content (AvgIpc) is 2.54. The maximum atomic E-state index is 13.0. The standard InChI is InChI=1S/C17H28N2O2/c1-4-17(5-2,14-18)16(20)19(11-12-21-3)13-15-9-7-6-8-10-15/h6-10H,4-5,11-14,18H2,1-3H3. The van der Waals surface area contributed by atoms with Crippen LogP contribution in [0.25, 0.3) is 0 Å². The zero-order valence-electron chi connectivity index (χ0n) is 13.5. The molecule has 0 bridgehead atoms. The van der Waals surface area contributed by atoms with Crippen molar-refractivity contribution in [1.29, 1.82) is 0 Å². The first kappa shape index (κ1) is 17.7. The number of carbonyl (C=O) groups is 1. The van der Waals surface area contributed by atoms with Gasteiger partial charge < -0.3 is 15.4 Å². The smallest absolute Gasteiger partial charge is 0.230 e. The van der Waals surface area contributed by atoms with Crippen molar-refractivity contribution in [3.05, 3.63) is 35.9 Å². The van der Waals surface area contributed by atoms with Gasteiger partial charge >= 0.3 is 0 Å². The van der Waals surface area contributed by atoms with E-state index in [0.29, 0.717) is 26.2 Å². The normalized spacial score (nSPS) is 11.4. The van der Waals surface area contributed by atoms with Crippen molar-refractivity contribution in [2.45, 2.75) is 33.2 Å². The highest BCUT2D eigenvalue weighted by atomic mass is 16.5. The molecule has 2 N–H and O–H groups in total. The van der Waals surface area contributed by atoms with Gasteiger partial charge in [-0.2, -0.15) is 0 Å². The average molecular weight is 292 g/mol. The molecule has 0 fully saturated rings. The van der Waals surface area contributed by atoms with E-state index in [9.17, 15) is 4.79 Å². The van der Waals surface area contributed by atoms with Crippen molar-refractivity contribution in [3.8, 4) is 0 Å². The van der Waals surface area contributed by atoms with Crippen LogP contribution in [0.1, 0.15) is 32.3 Å². The second kappa shape index (κ2) is 8.80. The molecule has 0 aliphatic carbocycles. The molecule has 0 aliphatic rings. The largest absolute Gasteiger partial charge is 0.383 e. The molecule has 0 atom stereocenters. The minimum absolute atomic E-state index is 0.135. The predicted molar refractivity (Wildman–Crippen MR) is 85.8 cm³/mol. The summed E-state index contributed by atoms with van der Waals surface area (Å²) in [6, 6.07) is 10.0. The summed E-state index contributed by atoms with van der Waals surface area (Å²) in [5, 5.41) is 0. The molecule has 1 aromatic carbocycles. The number of benzene rings is 1. The number of methoxy groups -OCH3 is 1. The fourth-order valence-electron chi connectivity index (χ4n) is 2.52. The van der Waals surface area contributed by atoms with Crippen molar-refractivity contribution in [2.24, 2.45) is 11.1 Å². The van der Waals surface area contributed by atoms with E-state index < -0.39 is 5.41 Å². The molecule has 0 saturated carbocycles. The molecule has 21 heavy (non-hydrogen) atoms. The summed E-state index contributed by atoms with van der Waals surface area (Å²) < 4.78 is 5.15. The van der Waals surface area contributed by atoms with E-state index in [0.717, 1.165) is 18.4 Å². The number of ether oxygens (including phenoxy) is 1. The van der Waals surface area contributed by atoms with Gasteiger partial charge in [0.2, 0.25) is 5.91 Å². The third kappa shape index (κ3) is 4.55. The monoisotopic (exact) mass is 292 g/mol. The lowest BCUT2D eigenvalue weighted by atomic mass is 9.81. The zero-order valence-corrected chi connectivity index (χ0v) is 13.5. The van der Waals surface area contributed by atoms with Gasteiger partial charge in [0.05, 0.1) is 12.0 Å². The van der Waals surface area contributed by atoms with Gasteiger partial charge in [-0.15, -0.1) is 0 Å². The molecule has 0 spiro atoms. The second-order valence-electron chi connectivity index (χ2n) is 5.40. The van der Waals surface area contributed by atoms with Crippen molar-refractivity contribution < 1.29 is 9.53 Å². The van der Waals surface area contributed by atoms with Gasteiger partial charge in [0.25, 0.3) is 0 Å². The summed E-state index contributed by atoms with van der Waals surface area (Å²) in [7, 11) is 1.65. The van der Waals surface area contributed by atoms with Gasteiger partial charge in [-0.3, -0.25) is 4.79 Å². The minimum Gasteiger partial charge on any atom is -0.383 e. The van der Waals surface area contributed by atoms with Gasteiger partial charge in [0, 0.05) is 26.7 Å². The Balaban J connectivity index is 2.92. The molecule has 0 aromatic heterocycles. The van der Waals surface area contributed by atoms with E-state index in [2.05, 4.69) is 0 Å². The summed E-state index contributed by atoms with van der Waals surface area (Å²) in [4.78, 5) is 14.8. The lowest BCUT2D eigenvalue weighted by molar-refractivity contribution is -0.143. The number of carbonyl (C=O) groups excluding carboxylic acids is 1. The molecular formula is C17H28N2O2. The molecule has 0 heterocycles. The van der Waals surface area contributed by atoms with Crippen LogP contribution in [0.5, 0.6) is 0 Å². The molecule has 4 heteroatoms. The highest BCUT2D eigenvalue weighted by molar-refractivity contribution is 5.83. The fraction of sp³-hybridized carbons (Fsp3) is 0.588. The van der Waals surface area contributed by atoms with Crippen LogP contribution in [0.3, 0.4) is 0 Å². The molecule has 118 valence electrons. The topological polar surface area (TPSA) is 55.6 Å². The van der Waals surface area contributed by atoms with Crippen LogP contribution in [-0.4, -0.2) is 37.6 Å². The number of amides is 1. The van der Waals surface area contributed by atoms with Crippen molar-refractivity contribution in [3.63, 3.8) is 0 Å². The SMILES string of the molecule is CCC(CC)(CN)C(=O)N(CCOC)Cc1ccccc1. The highest BCUT2D eigenvalue weighted by Gasteiger charge is 2.36. The van der Waals surface area contributed by atoms with E-state index in [4.69, 9.17) is 10.5 Å². The highest BCUT2D eigenvalue weighted by Crippen LogP contribution is 2.28. The van der Waals surface area contributed by atoms with Crippen molar-refractivity contribution >= 4 is 5.91 Å². The Labute approximate surface area is 128 Å². The van der Waals surface area contributed by atoms with Crippen molar-refractivity contribution in [2.75, 3.05) is 26.8 Å². The lowest BCUT2D eigenvalue weighted by Crippen LogP contribution is -2.48. The summed E-state index contributed by atoms with van der Waals surface area (Å²) in [6.45, 7) is 6.18. The molecule has 0 aliphatic heterocycles. The number of nitrogens with zero attached hydrogens (tertiary/aromatic N) is 1. The van der Waals surface area contributed by atoms with Crippen LogP contribution in [-0.2, 0) is 16.1 Å². The van der Waals surface area contributed by atoms with Crippen LogP contribution in [0, 0.1) is 5.41 Å². The Morgan fingerprint density at radius 3 is 2.33 bits per heavy atom. The Morgan fingerprint density at radius 2 is 1.86 bits per heavy atom. The second-order valence-corrected chi connectivity index (χ2v) is 5.40. The third-order valence-electron chi connectivity index (χ3n) is 4.27. The summed E-state index contributed by atoms with van der Waals surface area (Å²) in [5.74, 6) is 0.135. The van der Waals surface area contributed by atoms with Crippen LogP contribution in [0.15, 0.2) is 30.3 Å². The van der Waals surface area contributed by atoms with Crippen LogP contribution in [0.2, 0.25) is 0 Å². The number of nitrogens with two attached hydrogens (primary N) is 1. The first-order valence-corrected chi connectivity index (χ1v) is 7.65. The Bertz CT molecular complexity index is 408. The molecule has 0 unspecified atom stereocenters. The van der Waals surface area contributed by atoms with Gasteiger partial charge in [0.1, 0.15) is 0 Å². The number of hydrogen-bond acceptors (Lipinski definition) is 3. The zero-order chi connectivity index (χ0) is 15.7. The molecule has 1 aromatic rings. The maximum absolute atomic E-state index is 13.0. The van der Waals surface area contributed by atoms with Gasteiger partial charge in [0.15, 0.2) is 0 Å². The van der Waals surface area contributed by atoms with Crippen molar-refractivity contribution in [1.82, 2.24) is 4.90 Å². The molecular weight excluding hydrogens is 264 g/mol. The van der Waals surface area contributed by atoms with Gasteiger partial charge in [-0.25, -0.2) is 0 Å². The minimum atomic E-state index is -0.456. The van der Waals surface area contributed by atoms with E-state index >= 15 is 0 Å². The van der Waals surface area contributed by atoms with Crippen LogP contribution in [0.4, 0.5) is 0 Å².